The van der Waals surface area contributed by atoms with Gasteiger partial charge < -0.3 is 24.6 Å². The van der Waals surface area contributed by atoms with Crippen molar-refractivity contribution in [3.63, 3.8) is 0 Å². The molecule has 19 heteroatoms. The van der Waals surface area contributed by atoms with Crippen molar-refractivity contribution in [1.82, 2.24) is 43.7 Å². The lowest BCUT2D eigenvalue weighted by molar-refractivity contribution is -0.135. The predicted molar refractivity (Wildman–Crippen MR) is 230 cm³/mol. The predicted octanol–water partition coefficient (Wildman–Crippen LogP) is 4.38. The first-order chi connectivity index (χ1) is 31.0. The summed E-state index contributed by atoms with van der Waals surface area (Å²) in [5.41, 5.74) is 1.62. The highest BCUT2D eigenvalue weighted by atomic mass is 19.3. The molecular weight excluding hydrogens is 829 g/mol. The first kappa shape index (κ1) is 42.0. The van der Waals surface area contributed by atoms with Gasteiger partial charge in [0, 0.05) is 51.5 Å². The molecule has 4 aromatic heterocycles. The second-order valence-electron chi connectivity index (χ2n) is 17.9. The fraction of sp³-hybridized carbons (Fsp3) is 0.533. The Labute approximate surface area is 367 Å². The van der Waals surface area contributed by atoms with Crippen LogP contribution in [0.4, 0.5) is 20.3 Å². The van der Waals surface area contributed by atoms with Crippen LogP contribution in [-0.4, -0.2) is 113 Å². The Kier molecular flexibility index (Phi) is 11.3. The van der Waals surface area contributed by atoms with E-state index in [2.05, 4.69) is 49.4 Å². The summed E-state index contributed by atoms with van der Waals surface area (Å²) in [7, 11) is 1.66. The zero-order valence-electron chi connectivity index (χ0n) is 35.8. The maximum Gasteiger partial charge on any atom is 0.329 e. The van der Waals surface area contributed by atoms with Crippen molar-refractivity contribution < 1.29 is 32.6 Å². The highest BCUT2D eigenvalue weighted by molar-refractivity contribution is 6.08. The molecule has 4 aliphatic heterocycles. The molecule has 1 unspecified atom stereocenters. The summed E-state index contributed by atoms with van der Waals surface area (Å²) in [6.45, 7) is 5.68. The number of hydrogen-bond acceptors (Lipinski definition) is 11. The largest absolute Gasteiger partial charge is 0.374 e. The Balaban J connectivity index is 0.712. The Morgan fingerprint density at radius 3 is 2.67 bits per heavy atom. The molecule has 5 aromatic rings. The summed E-state index contributed by atoms with van der Waals surface area (Å²) in [5, 5.41) is 13.6. The number of halogens is 2. The summed E-state index contributed by atoms with van der Waals surface area (Å²) in [6.07, 6.45) is 8.65. The molecule has 2 bridgehead atoms. The molecule has 2 N–H and O–H groups in total. The molecule has 5 atom stereocenters. The van der Waals surface area contributed by atoms with Crippen LogP contribution in [0.3, 0.4) is 0 Å². The number of amides is 3. The van der Waals surface area contributed by atoms with Crippen molar-refractivity contribution in [2.45, 2.75) is 108 Å². The van der Waals surface area contributed by atoms with Crippen molar-refractivity contribution in [1.29, 1.82) is 0 Å². The molecule has 0 spiro atoms. The number of ether oxygens (including phenoxy) is 2. The van der Waals surface area contributed by atoms with Gasteiger partial charge in [-0.1, -0.05) is 17.9 Å². The minimum Gasteiger partial charge on any atom is -0.374 e. The number of nitrogens with zero attached hydrogens (tertiary/aromatic N) is 9. The number of imidazole rings is 1. The van der Waals surface area contributed by atoms with Crippen LogP contribution in [0.25, 0.3) is 16.7 Å². The normalized spacial score (nSPS) is 26.2. The number of carbonyl (C=O) groups excluding carboxylic acids is 3. The van der Waals surface area contributed by atoms with Gasteiger partial charge in [0.1, 0.15) is 24.0 Å². The number of carbonyl (C=O) groups is 3. The number of benzene rings is 1. The Bertz CT molecular complexity index is 2740. The van der Waals surface area contributed by atoms with Gasteiger partial charge in [-0.3, -0.25) is 33.5 Å². The lowest BCUT2D eigenvalue weighted by atomic mass is 9.85. The summed E-state index contributed by atoms with van der Waals surface area (Å²) in [6, 6.07) is 7.04. The average molecular weight is 880 g/mol. The van der Waals surface area contributed by atoms with E-state index in [0.29, 0.717) is 40.8 Å². The van der Waals surface area contributed by atoms with Crippen LogP contribution < -0.4 is 21.2 Å². The van der Waals surface area contributed by atoms with E-state index >= 15 is 0 Å². The van der Waals surface area contributed by atoms with Gasteiger partial charge in [0.25, 0.3) is 12.3 Å². The molecule has 17 nitrogen and oxygen atoms in total. The third kappa shape index (κ3) is 7.96. The van der Waals surface area contributed by atoms with Crippen LogP contribution in [0.5, 0.6) is 0 Å². The van der Waals surface area contributed by atoms with Gasteiger partial charge in [-0.25, -0.2) is 23.1 Å². The minimum atomic E-state index is -2.87. The molecule has 336 valence electrons. The number of likely N-dealkylation sites (tertiary alicyclic amines) is 1. The molecule has 1 aromatic carbocycles. The lowest BCUT2D eigenvalue weighted by Crippen LogP contribution is -2.46. The smallest absolute Gasteiger partial charge is 0.329 e. The number of fused-ring (bicyclic) bond motifs is 4. The molecule has 5 fully saturated rings. The number of rotatable bonds is 10. The SMILES string of the molecule is C[C@@H]1C[C@@H](OCC#Cc2cccc3c2n(C)c(=O)n3C2CCC(=O)NC2=O)CCN1C[C@H]1CC[C@H](n2cc(NC(=O)c3cnn4ccc(N5C[C@H]6C[C@@H]5CO6)nc34)c(C(F)F)n2)CC1. The standard InChI is InChI=1S/C45H51F2N11O6/c1-26-19-31(63-18-4-6-28-5-3-7-35-40(28)53(2)45(62)58(35)36-12-13-38(59)51-44(36)61)14-16-54(26)22-27-8-10-29(11-9-27)57-24-34(39(52-57)41(46)47)49-43(60)33-21-48-56-17-15-37(50-42(33)56)55-23-32-20-30(55)25-64-32/h3,5,7,15,17,21,24,26-27,29-32,36,41H,8-14,16,18-20,22-23,25H2,1-2H3,(H,49,60)(H,51,59,61)/t26-,27-,29-,30-,31+,32-,36?/m1/s1. The lowest BCUT2D eigenvalue weighted by Gasteiger charge is -2.40. The third-order valence-corrected chi connectivity index (χ3v) is 13.9. The molecule has 8 heterocycles. The minimum absolute atomic E-state index is 0.0115. The zero-order valence-corrected chi connectivity index (χ0v) is 35.8. The summed E-state index contributed by atoms with van der Waals surface area (Å²) >= 11 is 0. The van der Waals surface area contributed by atoms with Crippen molar-refractivity contribution in [3.8, 4) is 11.8 Å². The molecule has 4 saturated heterocycles. The second-order valence-corrected chi connectivity index (χ2v) is 17.9. The number of morpholine rings is 1. The highest BCUT2D eigenvalue weighted by Gasteiger charge is 2.40. The van der Waals surface area contributed by atoms with Gasteiger partial charge in [0.05, 0.1) is 59.4 Å². The fourth-order valence-electron chi connectivity index (χ4n) is 10.5. The van der Waals surface area contributed by atoms with E-state index in [4.69, 9.17) is 14.5 Å². The number of piperidine rings is 2. The Morgan fingerprint density at radius 2 is 1.92 bits per heavy atom. The van der Waals surface area contributed by atoms with Crippen LogP contribution in [-0.2, 0) is 26.1 Å². The van der Waals surface area contributed by atoms with Crippen LogP contribution in [0.1, 0.15) is 105 Å². The van der Waals surface area contributed by atoms with E-state index < -0.39 is 30.0 Å². The van der Waals surface area contributed by atoms with E-state index in [-0.39, 0.29) is 66.6 Å². The second kappa shape index (κ2) is 17.2. The molecule has 0 radical (unpaired) electrons. The molecule has 10 rings (SSSR count). The number of aryl methyl sites for hydroxylation is 1. The number of aromatic nitrogens is 7. The number of nitrogens with one attached hydrogen (secondary N) is 2. The van der Waals surface area contributed by atoms with E-state index in [9.17, 15) is 28.0 Å². The van der Waals surface area contributed by atoms with Gasteiger partial charge in [-0.15, -0.1) is 0 Å². The topological polar surface area (TPSA) is 175 Å². The van der Waals surface area contributed by atoms with Gasteiger partial charge in [0.2, 0.25) is 11.8 Å². The Morgan fingerprint density at radius 1 is 1.08 bits per heavy atom. The van der Waals surface area contributed by atoms with Crippen LogP contribution in [0, 0.1) is 17.8 Å². The molecule has 64 heavy (non-hydrogen) atoms. The molecule has 3 amide bonds. The Hall–Kier alpha value is -5.97. The molecule has 1 saturated carbocycles. The maximum atomic E-state index is 14.3. The van der Waals surface area contributed by atoms with E-state index in [1.807, 2.05) is 18.2 Å². The number of imide groups is 1. The van der Waals surface area contributed by atoms with Gasteiger partial charge in [0.15, 0.2) is 11.3 Å². The van der Waals surface area contributed by atoms with E-state index in [1.165, 1.54) is 26.0 Å². The first-order valence-electron chi connectivity index (χ1n) is 22.3. The summed E-state index contributed by atoms with van der Waals surface area (Å²) in [5.74, 6) is 6.12. The quantitative estimate of drug-likeness (QED) is 0.151. The first-order valence-corrected chi connectivity index (χ1v) is 22.3. The number of anilines is 2. The zero-order chi connectivity index (χ0) is 44.2. The third-order valence-electron chi connectivity index (χ3n) is 13.9. The number of hydrogen-bond donors (Lipinski definition) is 2. The van der Waals surface area contributed by atoms with E-state index in [0.717, 1.165) is 70.4 Å². The average Bonchev–Trinajstić information content (AvgIpc) is 4.14. The number of para-hydroxylation sites is 1. The monoisotopic (exact) mass is 879 g/mol. The maximum absolute atomic E-state index is 14.3. The fourth-order valence-corrected chi connectivity index (χ4v) is 10.5. The summed E-state index contributed by atoms with van der Waals surface area (Å²) in [4.78, 5) is 60.6. The van der Waals surface area contributed by atoms with Gasteiger partial charge >= 0.3 is 5.69 Å². The van der Waals surface area contributed by atoms with E-state index in [1.54, 1.807) is 24.0 Å². The van der Waals surface area contributed by atoms with Crippen LogP contribution in [0.15, 0.2) is 47.7 Å². The number of alkyl halides is 2. The van der Waals surface area contributed by atoms with Crippen LogP contribution in [0.2, 0.25) is 0 Å². The van der Waals surface area contributed by atoms with Crippen molar-refractivity contribution in [2.24, 2.45) is 13.0 Å². The van der Waals surface area contributed by atoms with Crippen molar-refractivity contribution in [2.75, 3.05) is 43.1 Å². The van der Waals surface area contributed by atoms with Crippen molar-refractivity contribution >= 4 is 45.9 Å². The van der Waals surface area contributed by atoms with Gasteiger partial charge in [-0.05, 0) is 82.4 Å². The summed E-state index contributed by atoms with van der Waals surface area (Å²) < 4.78 is 46.7. The highest BCUT2D eigenvalue weighted by Crippen LogP contribution is 2.37. The van der Waals surface area contributed by atoms with Crippen molar-refractivity contribution in [3.05, 3.63) is 70.2 Å². The molecule has 5 aliphatic rings. The van der Waals surface area contributed by atoms with Crippen LogP contribution >= 0.6 is 0 Å². The molecular formula is C45H51F2N11O6. The van der Waals surface area contributed by atoms with Gasteiger partial charge in [-0.2, -0.15) is 10.2 Å². The molecule has 1 aliphatic carbocycles.